The lowest BCUT2D eigenvalue weighted by Gasteiger charge is -2.12. The van der Waals surface area contributed by atoms with Crippen LogP contribution in [0.2, 0.25) is 5.02 Å². The van der Waals surface area contributed by atoms with Crippen LogP contribution in [-0.2, 0) is 4.74 Å². The van der Waals surface area contributed by atoms with E-state index in [1.54, 1.807) is 30.5 Å². The van der Waals surface area contributed by atoms with E-state index < -0.39 is 5.97 Å². The van der Waals surface area contributed by atoms with E-state index in [2.05, 4.69) is 25.5 Å². The molecular weight excluding hydrogens is 330 g/mol. The predicted molar refractivity (Wildman–Crippen MR) is 95.1 cm³/mol. The zero-order valence-electron chi connectivity index (χ0n) is 13.8. The summed E-state index contributed by atoms with van der Waals surface area (Å²) >= 11 is 6.17. The summed E-state index contributed by atoms with van der Waals surface area (Å²) in [5.74, 6) is 0.659. The van der Waals surface area contributed by atoms with Crippen LogP contribution in [0.3, 0.4) is 0 Å². The largest absolute Gasteiger partial charge is 0.465 e. The molecule has 1 aromatic carbocycles. The van der Waals surface area contributed by atoms with E-state index in [0.29, 0.717) is 28.0 Å². The van der Waals surface area contributed by atoms with Crippen LogP contribution in [0, 0.1) is 0 Å². The van der Waals surface area contributed by atoms with Gasteiger partial charge in [-0.15, -0.1) is 0 Å². The number of nitrogens with one attached hydrogen (secondary N) is 2. The van der Waals surface area contributed by atoms with Gasteiger partial charge >= 0.3 is 5.97 Å². The molecule has 0 radical (unpaired) electrons. The highest BCUT2D eigenvalue weighted by Crippen LogP contribution is 2.26. The van der Waals surface area contributed by atoms with E-state index in [-0.39, 0.29) is 0 Å². The van der Waals surface area contributed by atoms with Gasteiger partial charge in [0.2, 0.25) is 5.95 Å². The van der Waals surface area contributed by atoms with Crippen molar-refractivity contribution in [2.45, 2.75) is 0 Å². The Kier molecular flexibility index (Phi) is 6.34. The van der Waals surface area contributed by atoms with Crippen LogP contribution < -0.4 is 10.6 Å². The molecule has 24 heavy (non-hydrogen) atoms. The molecule has 8 heteroatoms. The number of nitrogens with zero attached hydrogens (tertiary/aromatic N) is 3. The van der Waals surface area contributed by atoms with Crippen molar-refractivity contribution < 1.29 is 9.53 Å². The predicted octanol–water partition coefficient (Wildman–Crippen LogP) is 2.63. The number of ether oxygens (including phenoxy) is 1. The number of aromatic nitrogens is 2. The number of hydrogen-bond acceptors (Lipinski definition) is 7. The zero-order valence-corrected chi connectivity index (χ0v) is 14.6. The minimum Gasteiger partial charge on any atom is -0.465 e. The van der Waals surface area contributed by atoms with E-state index in [0.717, 1.165) is 13.1 Å². The fraction of sp³-hybridized carbons (Fsp3) is 0.312. The lowest BCUT2D eigenvalue weighted by Crippen LogP contribution is -2.21. The summed E-state index contributed by atoms with van der Waals surface area (Å²) in [7, 11) is 5.33. The number of rotatable bonds is 7. The van der Waals surface area contributed by atoms with E-state index in [4.69, 9.17) is 16.3 Å². The Labute approximate surface area is 146 Å². The molecular formula is C16H20ClN5O2. The topological polar surface area (TPSA) is 79.4 Å². The summed E-state index contributed by atoms with van der Waals surface area (Å²) < 4.78 is 4.71. The molecule has 0 atom stereocenters. The van der Waals surface area contributed by atoms with Gasteiger partial charge in [0.25, 0.3) is 0 Å². The minimum atomic E-state index is -0.427. The third-order valence-electron chi connectivity index (χ3n) is 3.15. The molecule has 0 aliphatic heterocycles. The molecule has 2 rings (SSSR count). The standard InChI is InChI=1S/C16H20ClN5O2/c1-22(2)9-8-19-16-18-7-6-14(21-16)20-13-10-11(15(23)24-3)4-5-12(13)17/h4-7,10H,8-9H2,1-3H3,(H2,18,19,20,21). The Morgan fingerprint density at radius 3 is 2.83 bits per heavy atom. The highest BCUT2D eigenvalue weighted by molar-refractivity contribution is 6.33. The van der Waals surface area contributed by atoms with E-state index in [9.17, 15) is 4.79 Å². The molecule has 128 valence electrons. The number of carbonyl (C=O) groups excluding carboxylic acids is 1. The number of anilines is 3. The number of benzene rings is 1. The molecule has 0 saturated carbocycles. The van der Waals surface area contributed by atoms with Crippen molar-refractivity contribution in [3.8, 4) is 0 Å². The quantitative estimate of drug-likeness (QED) is 0.744. The van der Waals surface area contributed by atoms with Gasteiger partial charge in [-0.05, 0) is 38.4 Å². The van der Waals surface area contributed by atoms with Gasteiger partial charge in [-0.2, -0.15) is 4.98 Å². The smallest absolute Gasteiger partial charge is 0.337 e. The lowest BCUT2D eigenvalue weighted by molar-refractivity contribution is 0.0601. The van der Waals surface area contributed by atoms with Gasteiger partial charge in [-0.1, -0.05) is 11.6 Å². The van der Waals surface area contributed by atoms with Crippen molar-refractivity contribution in [2.24, 2.45) is 0 Å². The van der Waals surface area contributed by atoms with E-state index in [1.807, 2.05) is 14.1 Å². The normalized spacial score (nSPS) is 10.5. The molecule has 0 amide bonds. The van der Waals surface area contributed by atoms with Gasteiger partial charge in [-0.25, -0.2) is 9.78 Å². The molecule has 0 aliphatic rings. The second-order valence-electron chi connectivity index (χ2n) is 5.31. The Balaban J connectivity index is 2.12. The number of hydrogen-bond donors (Lipinski definition) is 2. The zero-order chi connectivity index (χ0) is 17.5. The van der Waals surface area contributed by atoms with Crippen LogP contribution in [0.4, 0.5) is 17.5 Å². The lowest BCUT2D eigenvalue weighted by atomic mass is 10.2. The van der Waals surface area contributed by atoms with Crippen LogP contribution in [0.5, 0.6) is 0 Å². The van der Waals surface area contributed by atoms with Crippen molar-refractivity contribution in [3.05, 3.63) is 41.0 Å². The van der Waals surface area contributed by atoms with Crippen molar-refractivity contribution >= 4 is 35.0 Å². The first-order chi connectivity index (χ1) is 11.5. The van der Waals surface area contributed by atoms with Crippen LogP contribution in [0.25, 0.3) is 0 Å². The van der Waals surface area contributed by atoms with Crippen LogP contribution in [-0.4, -0.2) is 55.1 Å². The maximum Gasteiger partial charge on any atom is 0.337 e. The fourth-order valence-corrected chi connectivity index (χ4v) is 2.07. The molecule has 0 saturated heterocycles. The fourth-order valence-electron chi connectivity index (χ4n) is 1.91. The summed E-state index contributed by atoms with van der Waals surface area (Å²) in [4.78, 5) is 22.2. The first kappa shape index (κ1) is 18.0. The summed E-state index contributed by atoms with van der Waals surface area (Å²) in [6.45, 7) is 1.60. The van der Waals surface area contributed by atoms with Crippen molar-refractivity contribution in [3.63, 3.8) is 0 Å². The first-order valence-electron chi connectivity index (χ1n) is 7.36. The van der Waals surface area contributed by atoms with Gasteiger partial charge in [0.1, 0.15) is 5.82 Å². The number of likely N-dealkylation sites (N-methyl/N-ethyl adjacent to an activating group) is 1. The Morgan fingerprint density at radius 2 is 2.12 bits per heavy atom. The van der Waals surface area contributed by atoms with Gasteiger partial charge < -0.3 is 20.3 Å². The second-order valence-corrected chi connectivity index (χ2v) is 5.71. The second kappa shape index (κ2) is 8.47. The van der Waals surface area contributed by atoms with Gasteiger partial charge in [-0.3, -0.25) is 0 Å². The van der Waals surface area contributed by atoms with Gasteiger partial charge in [0.15, 0.2) is 0 Å². The van der Waals surface area contributed by atoms with Crippen molar-refractivity contribution in [1.29, 1.82) is 0 Å². The van der Waals surface area contributed by atoms with E-state index in [1.165, 1.54) is 7.11 Å². The number of esters is 1. The Morgan fingerprint density at radius 1 is 1.33 bits per heavy atom. The number of halogens is 1. The molecule has 0 aliphatic carbocycles. The maximum absolute atomic E-state index is 11.6. The SMILES string of the molecule is COC(=O)c1ccc(Cl)c(Nc2ccnc(NCCN(C)C)n2)c1. The van der Waals surface area contributed by atoms with Crippen molar-refractivity contribution in [1.82, 2.24) is 14.9 Å². The third-order valence-corrected chi connectivity index (χ3v) is 3.48. The highest BCUT2D eigenvalue weighted by atomic mass is 35.5. The van der Waals surface area contributed by atoms with Crippen LogP contribution in [0.1, 0.15) is 10.4 Å². The summed E-state index contributed by atoms with van der Waals surface area (Å²) in [5, 5.41) is 6.71. The highest BCUT2D eigenvalue weighted by Gasteiger charge is 2.10. The maximum atomic E-state index is 11.6. The van der Waals surface area contributed by atoms with Gasteiger partial charge in [0.05, 0.1) is 23.4 Å². The molecule has 0 fully saturated rings. The summed E-state index contributed by atoms with van der Waals surface area (Å²) in [6.07, 6.45) is 1.64. The van der Waals surface area contributed by atoms with Gasteiger partial charge in [0, 0.05) is 19.3 Å². The average molecular weight is 350 g/mol. The minimum absolute atomic E-state index is 0.405. The monoisotopic (exact) mass is 349 g/mol. The number of methoxy groups -OCH3 is 1. The summed E-state index contributed by atoms with van der Waals surface area (Å²) in [6, 6.07) is 6.58. The molecule has 1 aromatic heterocycles. The molecule has 7 nitrogen and oxygen atoms in total. The molecule has 0 spiro atoms. The third kappa shape index (κ3) is 5.07. The van der Waals surface area contributed by atoms with Crippen LogP contribution in [0.15, 0.2) is 30.5 Å². The molecule has 0 bridgehead atoms. The van der Waals surface area contributed by atoms with E-state index >= 15 is 0 Å². The average Bonchev–Trinajstić information content (AvgIpc) is 2.56. The molecule has 2 aromatic rings. The molecule has 0 unspecified atom stereocenters. The summed E-state index contributed by atoms with van der Waals surface area (Å²) in [5.41, 5.74) is 0.972. The molecule has 2 N–H and O–H groups in total. The Bertz CT molecular complexity index is 709. The first-order valence-corrected chi connectivity index (χ1v) is 7.74. The van der Waals surface area contributed by atoms with Crippen LogP contribution >= 0.6 is 11.6 Å². The molecule has 1 heterocycles. The number of carbonyl (C=O) groups is 1. The van der Waals surface area contributed by atoms with Crippen molar-refractivity contribution in [2.75, 3.05) is 44.9 Å². The Hall–Kier alpha value is -2.38.